The molecule has 0 saturated carbocycles. The molecule has 7 heteroatoms. The lowest BCUT2D eigenvalue weighted by Crippen LogP contribution is -2.46. The number of nitrogens with zero attached hydrogens (tertiary/aromatic N) is 3. The van der Waals surface area contributed by atoms with E-state index in [1.807, 2.05) is 95.3 Å². The van der Waals surface area contributed by atoms with Crippen molar-refractivity contribution in [2.24, 2.45) is 0 Å². The molecule has 178 valence electrons. The van der Waals surface area contributed by atoms with Gasteiger partial charge in [0.1, 0.15) is 17.6 Å². The van der Waals surface area contributed by atoms with Crippen LogP contribution in [0.25, 0.3) is 11.0 Å². The average Bonchev–Trinajstić information content (AvgIpc) is 3.28. The molecule has 0 unspecified atom stereocenters. The fourth-order valence-electron chi connectivity index (χ4n) is 4.78. The Morgan fingerprint density at radius 3 is 2.51 bits per heavy atom. The molecule has 0 bridgehead atoms. The van der Waals surface area contributed by atoms with Crippen LogP contribution in [0.5, 0.6) is 5.75 Å². The fraction of sp³-hybridized carbons (Fsp3) is 0.250. The van der Waals surface area contributed by atoms with Crippen molar-refractivity contribution in [2.45, 2.75) is 38.5 Å². The van der Waals surface area contributed by atoms with Gasteiger partial charge in [-0.15, -0.1) is 0 Å². The first-order valence-electron chi connectivity index (χ1n) is 11.8. The predicted octanol–water partition coefficient (Wildman–Crippen LogP) is 4.40. The molecule has 0 spiro atoms. The van der Waals surface area contributed by atoms with Crippen LogP contribution in [0.15, 0.2) is 78.9 Å². The van der Waals surface area contributed by atoms with E-state index in [0.29, 0.717) is 18.8 Å². The summed E-state index contributed by atoms with van der Waals surface area (Å²) in [4.78, 5) is 33.6. The maximum Gasteiger partial charge on any atom is 0.247 e. The van der Waals surface area contributed by atoms with Crippen molar-refractivity contribution in [3.05, 3.63) is 95.8 Å². The summed E-state index contributed by atoms with van der Waals surface area (Å²) in [5, 5.41) is 2.96. The number of carbonyl (C=O) groups excluding carboxylic acids is 2. The quantitative estimate of drug-likeness (QED) is 0.436. The van der Waals surface area contributed by atoms with Crippen LogP contribution >= 0.6 is 0 Å². The molecule has 3 aromatic carbocycles. The van der Waals surface area contributed by atoms with Crippen molar-refractivity contribution in [3.63, 3.8) is 0 Å². The minimum atomic E-state index is -0.671. The second-order valence-corrected chi connectivity index (χ2v) is 8.76. The van der Waals surface area contributed by atoms with Gasteiger partial charge in [-0.3, -0.25) is 9.59 Å². The van der Waals surface area contributed by atoms with Crippen LogP contribution in [0.1, 0.15) is 42.4 Å². The molecule has 1 aromatic heterocycles. The van der Waals surface area contributed by atoms with E-state index in [1.165, 1.54) is 0 Å². The van der Waals surface area contributed by atoms with Gasteiger partial charge in [-0.2, -0.15) is 0 Å². The fourth-order valence-corrected chi connectivity index (χ4v) is 4.78. The van der Waals surface area contributed by atoms with Gasteiger partial charge in [-0.25, -0.2) is 4.98 Å². The summed E-state index contributed by atoms with van der Waals surface area (Å²) in [6.45, 7) is 2.78. The van der Waals surface area contributed by atoms with E-state index in [2.05, 4.69) is 5.32 Å². The molecule has 35 heavy (non-hydrogen) atoms. The van der Waals surface area contributed by atoms with E-state index in [0.717, 1.165) is 28.0 Å². The summed E-state index contributed by atoms with van der Waals surface area (Å²) in [7, 11) is 1.61. The first-order chi connectivity index (χ1) is 17.1. The average molecular weight is 469 g/mol. The number of amides is 2. The lowest BCUT2D eigenvalue weighted by molar-refractivity contribution is -0.142. The topological polar surface area (TPSA) is 76.5 Å². The normalized spacial score (nSPS) is 17.3. The smallest absolute Gasteiger partial charge is 0.247 e. The second-order valence-electron chi connectivity index (χ2n) is 8.76. The van der Waals surface area contributed by atoms with Gasteiger partial charge >= 0.3 is 0 Å². The van der Waals surface area contributed by atoms with Gasteiger partial charge in [-0.1, -0.05) is 60.7 Å². The lowest BCUT2D eigenvalue weighted by Gasteiger charge is -2.38. The molecule has 0 radical (unpaired) electrons. The van der Waals surface area contributed by atoms with Gasteiger partial charge in [0, 0.05) is 18.7 Å². The number of hydrogen-bond donors (Lipinski definition) is 1. The van der Waals surface area contributed by atoms with Crippen molar-refractivity contribution in [3.8, 4) is 5.75 Å². The molecule has 1 aliphatic rings. The number of rotatable bonds is 7. The van der Waals surface area contributed by atoms with E-state index in [-0.39, 0.29) is 24.3 Å². The Labute approximate surface area is 204 Å². The SMILES string of the molecule is COc1ccccc1CNC(=O)C[C@@H]1C(=O)N(Cc2ccccc2)[C@@H](C)c2nc3ccccc3n21. The van der Waals surface area contributed by atoms with E-state index < -0.39 is 6.04 Å². The third-order valence-electron chi connectivity index (χ3n) is 6.59. The highest BCUT2D eigenvalue weighted by Crippen LogP contribution is 2.37. The molecule has 0 aliphatic carbocycles. The van der Waals surface area contributed by atoms with E-state index >= 15 is 0 Å². The van der Waals surface area contributed by atoms with Crippen molar-refractivity contribution < 1.29 is 14.3 Å². The Bertz CT molecular complexity index is 1370. The molecule has 1 aliphatic heterocycles. The van der Waals surface area contributed by atoms with Crippen LogP contribution in [0.4, 0.5) is 0 Å². The van der Waals surface area contributed by atoms with Crippen LogP contribution in [0.2, 0.25) is 0 Å². The van der Waals surface area contributed by atoms with Crippen molar-refractivity contribution in [1.29, 1.82) is 0 Å². The lowest BCUT2D eigenvalue weighted by atomic mass is 10.0. The Hall–Kier alpha value is -4.13. The molecule has 0 saturated heterocycles. The molecule has 7 nitrogen and oxygen atoms in total. The molecule has 0 fully saturated rings. The third kappa shape index (κ3) is 4.37. The summed E-state index contributed by atoms with van der Waals surface area (Å²) in [6, 6.07) is 24.3. The molecule has 2 heterocycles. The van der Waals surface area contributed by atoms with Crippen LogP contribution < -0.4 is 10.1 Å². The number of benzene rings is 3. The van der Waals surface area contributed by atoms with Gasteiger partial charge in [0.25, 0.3) is 0 Å². The highest BCUT2D eigenvalue weighted by Gasteiger charge is 2.40. The van der Waals surface area contributed by atoms with Crippen molar-refractivity contribution in [1.82, 2.24) is 19.8 Å². The minimum absolute atomic E-state index is 0.0271. The van der Waals surface area contributed by atoms with Crippen LogP contribution in [-0.4, -0.2) is 33.4 Å². The Morgan fingerprint density at radius 1 is 1.00 bits per heavy atom. The van der Waals surface area contributed by atoms with Crippen molar-refractivity contribution in [2.75, 3.05) is 7.11 Å². The molecule has 2 amide bonds. The number of ether oxygens (including phenoxy) is 1. The van der Waals surface area contributed by atoms with E-state index in [4.69, 9.17) is 9.72 Å². The number of para-hydroxylation sites is 3. The molecule has 4 aromatic rings. The summed E-state index contributed by atoms with van der Waals surface area (Å²) < 4.78 is 7.34. The summed E-state index contributed by atoms with van der Waals surface area (Å²) in [6.07, 6.45) is 0.0271. The van der Waals surface area contributed by atoms with E-state index in [1.54, 1.807) is 7.11 Å². The number of aromatic nitrogens is 2. The number of fused-ring (bicyclic) bond motifs is 3. The Kier molecular flexibility index (Phi) is 6.23. The highest BCUT2D eigenvalue weighted by molar-refractivity contribution is 5.90. The second kappa shape index (κ2) is 9.62. The third-order valence-corrected chi connectivity index (χ3v) is 6.59. The number of hydrogen-bond acceptors (Lipinski definition) is 4. The highest BCUT2D eigenvalue weighted by atomic mass is 16.5. The van der Waals surface area contributed by atoms with Gasteiger partial charge < -0.3 is 19.5 Å². The largest absolute Gasteiger partial charge is 0.496 e. The first-order valence-corrected chi connectivity index (χ1v) is 11.8. The standard InChI is InChI=1S/C28H28N4O3/c1-19-27-30-22-13-7-8-14-23(22)32(27)24(28(34)31(19)18-20-10-4-3-5-11-20)16-26(33)29-17-21-12-6-9-15-25(21)35-2/h3-15,19,24H,16-18H2,1-2H3,(H,29,33)/t19-,24+/m0/s1. The summed E-state index contributed by atoms with van der Waals surface area (Å²) in [5.74, 6) is 1.23. The number of imidazole rings is 1. The molecule has 1 N–H and O–H groups in total. The van der Waals surface area contributed by atoms with Crippen molar-refractivity contribution >= 4 is 22.8 Å². The number of carbonyl (C=O) groups is 2. The number of nitrogens with one attached hydrogen (secondary N) is 1. The van der Waals surface area contributed by atoms with Gasteiger partial charge in [0.2, 0.25) is 11.8 Å². The Balaban J connectivity index is 1.44. The molecular formula is C28H28N4O3. The molecule has 2 atom stereocenters. The Morgan fingerprint density at radius 2 is 1.71 bits per heavy atom. The maximum atomic E-state index is 13.8. The predicted molar refractivity (Wildman–Crippen MR) is 134 cm³/mol. The summed E-state index contributed by atoms with van der Waals surface area (Å²) >= 11 is 0. The monoisotopic (exact) mass is 468 g/mol. The van der Waals surface area contributed by atoms with Gasteiger partial charge in [0.15, 0.2) is 0 Å². The zero-order chi connectivity index (χ0) is 24.4. The van der Waals surface area contributed by atoms with E-state index in [9.17, 15) is 9.59 Å². The van der Waals surface area contributed by atoms with Crippen LogP contribution in [0, 0.1) is 0 Å². The van der Waals surface area contributed by atoms with Crippen LogP contribution in [0.3, 0.4) is 0 Å². The molecular weight excluding hydrogens is 440 g/mol. The minimum Gasteiger partial charge on any atom is -0.496 e. The zero-order valence-corrected chi connectivity index (χ0v) is 19.8. The van der Waals surface area contributed by atoms with Crippen LogP contribution in [-0.2, 0) is 22.7 Å². The first kappa shape index (κ1) is 22.7. The molecule has 5 rings (SSSR count). The van der Waals surface area contributed by atoms with Gasteiger partial charge in [-0.05, 0) is 30.7 Å². The zero-order valence-electron chi connectivity index (χ0n) is 19.8. The maximum absolute atomic E-state index is 13.8. The summed E-state index contributed by atoms with van der Waals surface area (Å²) in [5.41, 5.74) is 3.61. The number of methoxy groups -OCH3 is 1. The van der Waals surface area contributed by atoms with Gasteiger partial charge in [0.05, 0.1) is 30.6 Å².